The predicted octanol–water partition coefficient (Wildman–Crippen LogP) is 1.10. The van der Waals surface area contributed by atoms with E-state index >= 15 is 0 Å². The van der Waals surface area contributed by atoms with E-state index in [9.17, 15) is 14.7 Å². The number of hydrogen-bond acceptors (Lipinski definition) is 6. The van der Waals surface area contributed by atoms with Crippen molar-refractivity contribution in [3.05, 3.63) is 29.8 Å². The summed E-state index contributed by atoms with van der Waals surface area (Å²) in [5.41, 5.74) is 0.349. The first-order chi connectivity index (χ1) is 9.11. The summed E-state index contributed by atoms with van der Waals surface area (Å²) in [5.74, 6) is -1.26. The second-order valence-electron chi connectivity index (χ2n) is 3.74. The molecule has 0 radical (unpaired) electrons. The van der Waals surface area contributed by atoms with Gasteiger partial charge in [0.15, 0.2) is 11.5 Å². The number of carbonyl (C=O) groups is 2. The summed E-state index contributed by atoms with van der Waals surface area (Å²) in [6.07, 6.45) is 0.803. The van der Waals surface area contributed by atoms with E-state index < -0.39 is 11.8 Å². The van der Waals surface area contributed by atoms with Crippen molar-refractivity contribution in [2.45, 2.75) is 0 Å². The molecular weight excluding hydrogens is 252 g/mol. The van der Waals surface area contributed by atoms with Crippen molar-refractivity contribution in [3.63, 3.8) is 0 Å². The minimum absolute atomic E-state index is 0.340. The van der Waals surface area contributed by atoms with Gasteiger partial charge in [-0.15, -0.1) is 0 Å². The van der Waals surface area contributed by atoms with Crippen LogP contribution in [0.3, 0.4) is 0 Å². The van der Waals surface area contributed by atoms with Crippen LogP contribution in [-0.4, -0.2) is 37.2 Å². The van der Waals surface area contributed by atoms with Gasteiger partial charge in [0.25, 0.3) is 5.78 Å². The van der Waals surface area contributed by atoms with Crippen molar-refractivity contribution in [1.82, 2.24) is 0 Å². The molecule has 1 aliphatic rings. The molecule has 0 saturated heterocycles. The zero-order valence-corrected chi connectivity index (χ0v) is 10.2. The van der Waals surface area contributed by atoms with Gasteiger partial charge in [-0.1, -0.05) is 0 Å². The van der Waals surface area contributed by atoms with Gasteiger partial charge in [-0.2, -0.15) is 0 Å². The average Bonchev–Trinajstić information content (AvgIpc) is 2.45. The maximum absolute atomic E-state index is 11.3. The second kappa shape index (κ2) is 5.43. The van der Waals surface area contributed by atoms with Crippen LogP contribution in [-0.2, 0) is 14.3 Å². The highest BCUT2D eigenvalue weighted by molar-refractivity contribution is 6.39. The number of ketones is 1. The molecule has 0 unspecified atom stereocenters. The molecule has 1 aliphatic heterocycles. The number of carbonyl (C=O) groups excluding carboxylic acids is 2. The Labute approximate surface area is 109 Å². The molecule has 19 heavy (non-hydrogen) atoms. The summed E-state index contributed by atoms with van der Waals surface area (Å²) in [7, 11) is 1.09. The van der Waals surface area contributed by atoms with Crippen LogP contribution in [0.15, 0.2) is 24.3 Å². The molecule has 1 N–H and O–H groups in total. The zero-order chi connectivity index (χ0) is 13.8. The maximum atomic E-state index is 11.3. The van der Waals surface area contributed by atoms with Crippen molar-refractivity contribution in [2.24, 2.45) is 0 Å². The summed E-state index contributed by atoms with van der Waals surface area (Å²) in [6.45, 7) is 0.886. The number of benzene rings is 1. The molecule has 0 saturated carbocycles. The SMILES string of the molecule is COC(=O)C(=O)/C=C(\O)c1ccc2c(c1)OCCO2. The Morgan fingerprint density at radius 3 is 2.63 bits per heavy atom. The van der Waals surface area contributed by atoms with E-state index in [1.54, 1.807) is 12.1 Å². The lowest BCUT2D eigenvalue weighted by Crippen LogP contribution is -2.15. The van der Waals surface area contributed by atoms with E-state index in [1.807, 2.05) is 0 Å². The summed E-state index contributed by atoms with van der Waals surface area (Å²) < 4.78 is 14.9. The van der Waals surface area contributed by atoms with E-state index in [-0.39, 0.29) is 5.76 Å². The first-order valence-corrected chi connectivity index (χ1v) is 5.55. The van der Waals surface area contributed by atoms with Gasteiger partial charge >= 0.3 is 5.97 Å². The van der Waals surface area contributed by atoms with E-state index in [0.717, 1.165) is 13.2 Å². The molecule has 0 fully saturated rings. The van der Waals surface area contributed by atoms with Crippen LogP contribution in [0.25, 0.3) is 5.76 Å². The first kappa shape index (κ1) is 12.9. The van der Waals surface area contributed by atoms with E-state index in [1.165, 1.54) is 6.07 Å². The molecule has 1 heterocycles. The van der Waals surface area contributed by atoms with Crippen LogP contribution in [0.2, 0.25) is 0 Å². The fraction of sp³-hybridized carbons (Fsp3) is 0.231. The minimum Gasteiger partial charge on any atom is -0.507 e. The molecule has 1 aromatic carbocycles. The predicted molar refractivity (Wildman–Crippen MR) is 65.1 cm³/mol. The third-order valence-corrected chi connectivity index (χ3v) is 2.49. The topological polar surface area (TPSA) is 82.1 Å². The highest BCUT2D eigenvalue weighted by Gasteiger charge is 2.16. The number of hydrogen-bond donors (Lipinski definition) is 1. The molecule has 6 heteroatoms. The number of rotatable bonds is 3. The van der Waals surface area contributed by atoms with Crippen LogP contribution in [0, 0.1) is 0 Å². The van der Waals surface area contributed by atoms with Crippen LogP contribution in [0.4, 0.5) is 0 Å². The Balaban J connectivity index is 2.24. The molecule has 0 spiro atoms. The summed E-state index contributed by atoms with van der Waals surface area (Å²) in [4.78, 5) is 22.2. The number of aliphatic hydroxyl groups excluding tert-OH is 1. The third kappa shape index (κ3) is 2.85. The second-order valence-corrected chi connectivity index (χ2v) is 3.74. The first-order valence-electron chi connectivity index (χ1n) is 5.55. The Morgan fingerprint density at radius 1 is 1.26 bits per heavy atom. The smallest absolute Gasteiger partial charge is 0.378 e. The molecule has 6 nitrogen and oxygen atoms in total. The van der Waals surface area contributed by atoms with Crippen LogP contribution in [0.1, 0.15) is 5.56 Å². The number of aliphatic hydroxyl groups is 1. The van der Waals surface area contributed by atoms with Gasteiger partial charge in [-0.3, -0.25) is 4.79 Å². The molecule has 1 aromatic rings. The van der Waals surface area contributed by atoms with Crippen molar-refractivity contribution < 1.29 is 28.9 Å². The maximum Gasteiger partial charge on any atom is 0.378 e. The van der Waals surface area contributed by atoms with Crippen LogP contribution >= 0.6 is 0 Å². The number of ether oxygens (including phenoxy) is 3. The minimum atomic E-state index is -1.04. The number of esters is 1. The van der Waals surface area contributed by atoms with E-state index in [2.05, 4.69) is 4.74 Å². The van der Waals surface area contributed by atoms with Crippen LogP contribution in [0.5, 0.6) is 11.5 Å². The van der Waals surface area contributed by atoms with Gasteiger partial charge in [-0.05, 0) is 18.2 Å². The van der Waals surface area contributed by atoms with Gasteiger partial charge in [0.2, 0.25) is 0 Å². The number of methoxy groups -OCH3 is 1. The molecule has 2 rings (SSSR count). The molecule has 0 bridgehead atoms. The lowest BCUT2D eigenvalue weighted by Gasteiger charge is -2.18. The van der Waals surface area contributed by atoms with Gasteiger partial charge in [0.1, 0.15) is 19.0 Å². The Morgan fingerprint density at radius 2 is 1.95 bits per heavy atom. The van der Waals surface area contributed by atoms with Gasteiger partial charge in [0, 0.05) is 11.6 Å². The monoisotopic (exact) mass is 264 g/mol. The van der Waals surface area contributed by atoms with Gasteiger partial charge in [-0.25, -0.2) is 4.79 Å². The largest absolute Gasteiger partial charge is 0.507 e. The molecule has 0 aliphatic carbocycles. The molecule has 0 amide bonds. The fourth-order valence-corrected chi connectivity index (χ4v) is 1.57. The highest BCUT2D eigenvalue weighted by Crippen LogP contribution is 2.32. The van der Waals surface area contributed by atoms with Crippen LogP contribution < -0.4 is 9.47 Å². The van der Waals surface area contributed by atoms with Crippen molar-refractivity contribution >= 4 is 17.5 Å². The standard InChI is InChI=1S/C13H12O6/c1-17-13(16)10(15)7-9(14)8-2-3-11-12(6-8)19-5-4-18-11/h2-3,6-7,14H,4-5H2,1H3/b9-7-. The molecular formula is C13H12O6. The normalized spacial score (nSPS) is 13.8. The zero-order valence-electron chi connectivity index (χ0n) is 10.2. The molecule has 0 atom stereocenters. The third-order valence-electron chi connectivity index (χ3n) is 2.49. The molecule has 0 aromatic heterocycles. The average molecular weight is 264 g/mol. The molecule has 100 valence electrons. The van der Waals surface area contributed by atoms with Crippen molar-refractivity contribution in [3.8, 4) is 11.5 Å². The summed E-state index contributed by atoms with van der Waals surface area (Å²) in [5, 5.41) is 9.77. The Kier molecular flexibility index (Phi) is 3.70. The fourth-order valence-electron chi connectivity index (χ4n) is 1.57. The van der Waals surface area contributed by atoms with Gasteiger partial charge in [0.05, 0.1) is 7.11 Å². The number of fused-ring (bicyclic) bond motifs is 1. The summed E-state index contributed by atoms with van der Waals surface area (Å²) >= 11 is 0. The van der Waals surface area contributed by atoms with Crippen molar-refractivity contribution in [1.29, 1.82) is 0 Å². The van der Waals surface area contributed by atoms with E-state index in [0.29, 0.717) is 30.3 Å². The summed E-state index contributed by atoms with van der Waals surface area (Å²) in [6, 6.07) is 4.71. The lowest BCUT2D eigenvalue weighted by molar-refractivity contribution is -0.149. The lowest BCUT2D eigenvalue weighted by atomic mass is 10.1. The van der Waals surface area contributed by atoms with Gasteiger partial charge < -0.3 is 19.3 Å². The van der Waals surface area contributed by atoms with Crippen molar-refractivity contribution in [2.75, 3.05) is 20.3 Å². The quantitative estimate of drug-likeness (QED) is 0.381. The Bertz CT molecular complexity index is 546. The Hall–Kier alpha value is -2.50. The van der Waals surface area contributed by atoms with E-state index in [4.69, 9.17) is 9.47 Å². The highest BCUT2D eigenvalue weighted by atomic mass is 16.6.